The molecule has 78 valence electrons. The summed E-state index contributed by atoms with van der Waals surface area (Å²) in [6.07, 6.45) is 3.25. The topological polar surface area (TPSA) is 38.7 Å². The summed E-state index contributed by atoms with van der Waals surface area (Å²) in [5.41, 5.74) is 1.97. The molecule has 0 radical (unpaired) electrons. The van der Waals surface area contributed by atoms with Crippen molar-refractivity contribution in [2.45, 2.75) is 17.0 Å². The summed E-state index contributed by atoms with van der Waals surface area (Å²) >= 11 is 8.95. The number of nitrogens with zero attached hydrogens (tertiary/aromatic N) is 3. The van der Waals surface area contributed by atoms with Gasteiger partial charge in [0.1, 0.15) is 9.49 Å². The van der Waals surface area contributed by atoms with E-state index in [0.29, 0.717) is 5.15 Å². The molecule has 0 aliphatic rings. The molecule has 0 unspecified atom stereocenters. The van der Waals surface area contributed by atoms with E-state index < -0.39 is 0 Å². The second-order valence-corrected chi connectivity index (χ2v) is 5.34. The molecule has 0 aliphatic carbocycles. The SMILES string of the molecule is Cc1csc(SCc2cnc(Cl)cn2)n1. The largest absolute Gasteiger partial charge is 0.256 e. The maximum absolute atomic E-state index is 5.64. The van der Waals surface area contributed by atoms with Crippen molar-refractivity contribution in [3.8, 4) is 0 Å². The highest BCUT2D eigenvalue weighted by atomic mass is 35.5. The van der Waals surface area contributed by atoms with Crippen LogP contribution in [-0.4, -0.2) is 15.0 Å². The zero-order valence-corrected chi connectivity index (χ0v) is 10.4. The van der Waals surface area contributed by atoms with Crippen LogP contribution >= 0.6 is 34.7 Å². The van der Waals surface area contributed by atoms with E-state index in [1.807, 2.05) is 12.3 Å². The van der Waals surface area contributed by atoms with Gasteiger partial charge < -0.3 is 0 Å². The molecule has 2 heterocycles. The average Bonchev–Trinajstić information content (AvgIpc) is 2.64. The minimum atomic E-state index is 0.425. The average molecular weight is 258 g/mol. The van der Waals surface area contributed by atoms with Crippen LogP contribution in [0.1, 0.15) is 11.4 Å². The van der Waals surface area contributed by atoms with Crippen LogP contribution in [0.4, 0.5) is 0 Å². The lowest BCUT2D eigenvalue weighted by Crippen LogP contribution is -1.88. The molecule has 6 heteroatoms. The maximum Gasteiger partial charge on any atom is 0.150 e. The molecule has 3 nitrogen and oxygen atoms in total. The Labute approximate surface area is 101 Å². The highest BCUT2D eigenvalue weighted by Gasteiger charge is 2.01. The van der Waals surface area contributed by atoms with Gasteiger partial charge in [-0.15, -0.1) is 11.3 Å². The number of aromatic nitrogens is 3. The number of hydrogen-bond acceptors (Lipinski definition) is 5. The van der Waals surface area contributed by atoms with Crippen LogP contribution in [0.3, 0.4) is 0 Å². The number of thiazole rings is 1. The van der Waals surface area contributed by atoms with Crippen molar-refractivity contribution in [1.29, 1.82) is 0 Å². The van der Waals surface area contributed by atoms with Gasteiger partial charge in [0.05, 0.1) is 18.1 Å². The lowest BCUT2D eigenvalue weighted by Gasteiger charge is -1.97. The highest BCUT2D eigenvalue weighted by Crippen LogP contribution is 2.25. The van der Waals surface area contributed by atoms with Crippen molar-refractivity contribution in [2.24, 2.45) is 0 Å². The summed E-state index contributed by atoms with van der Waals surface area (Å²) in [5.74, 6) is 0.775. The Kier molecular flexibility index (Phi) is 3.56. The molecule has 0 bridgehead atoms. The first kappa shape index (κ1) is 10.9. The normalized spacial score (nSPS) is 10.5. The van der Waals surface area contributed by atoms with Crippen LogP contribution in [0.25, 0.3) is 0 Å². The molecule has 2 aromatic rings. The second kappa shape index (κ2) is 4.92. The van der Waals surface area contributed by atoms with Crippen molar-refractivity contribution in [1.82, 2.24) is 15.0 Å². The van der Waals surface area contributed by atoms with Gasteiger partial charge in [0.15, 0.2) is 0 Å². The van der Waals surface area contributed by atoms with Crippen molar-refractivity contribution in [3.05, 3.63) is 34.3 Å². The van der Waals surface area contributed by atoms with Gasteiger partial charge in [-0.3, -0.25) is 4.98 Å². The molecule has 2 aromatic heterocycles. The van der Waals surface area contributed by atoms with Gasteiger partial charge in [-0.25, -0.2) is 9.97 Å². The summed E-state index contributed by atoms with van der Waals surface area (Å²) in [6, 6.07) is 0. The lowest BCUT2D eigenvalue weighted by molar-refractivity contribution is 1.09. The minimum Gasteiger partial charge on any atom is -0.256 e. The third-order valence-electron chi connectivity index (χ3n) is 1.62. The highest BCUT2D eigenvalue weighted by molar-refractivity contribution is 8.00. The van der Waals surface area contributed by atoms with E-state index in [1.165, 1.54) is 0 Å². The Balaban J connectivity index is 1.96. The van der Waals surface area contributed by atoms with E-state index in [9.17, 15) is 0 Å². The van der Waals surface area contributed by atoms with Gasteiger partial charge in [0.25, 0.3) is 0 Å². The Morgan fingerprint density at radius 1 is 1.40 bits per heavy atom. The van der Waals surface area contributed by atoms with E-state index in [2.05, 4.69) is 15.0 Å². The molecular weight excluding hydrogens is 250 g/mol. The summed E-state index contributed by atoms with van der Waals surface area (Å²) in [6.45, 7) is 1.99. The van der Waals surface area contributed by atoms with Crippen molar-refractivity contribution in [3.63, 3.8) is 0 Å². The summed E-state index contributed by atoms with van der Waals surface area (Å²) < 4.78 is 1.06. The quantitative estimate of drug-likeness (QED) is 0.792. The standard InChI is InChI=1S/C9H8ClN3S2/c1-6-4-14-9(13-6)15-5-7-2-12-8(10)3-11-7/h2-4H,5H2,1H3. The molecule has 0 saturated heterocycles. The van der Waals surface area contributed by atoms with Crippen LogP contribution in [0.5, 0.6) is 0 Å². The van der Waals surface area contributed by atoms with E-state index in [-0.39, 0.29) is 0 Å². The predicted molar refractivity (Wildman–Crippen MR) is 63.5 cm³/mol. The molecule has 0 N–H and O–H groups in total. The van der Waals surface area contributed by atoms with E-state index in [4.69, 9.17) is 11.6 Å². The van der Waals surface area contributed by atoms with Crippen LogP contribution < -0.4 is 0 Å². The molecular formula is C9H8ClN3S2. The van der Waals surface area contributed by atoms with Gasteiger partial charge in [0.2, 0.25) is 0 Å². The Hall–Kier alpha value is -0.650. The zero-order valence-electron chi connectivity index (χ0n) is 7.98. The van der Waals surface area contributed by atoms with E-state index in [1.54, 1.807) is 35.5 Å². The van der Waals surface area contributed by atoms with Crippen LogP contribution in [0.2, 0.25) is 5.15 Å². The molecule has 0 aliphatic heterocycles. The minimum absolute atomic E-state index is 0.425. The predicted octanol–water partition coefficient (Wildman–Crippen LogP) is 3.19. The summed E-state index contributed by atoms with van der Waals surface area (Å²) in [7, 11) is 0. The van der Waals surface area contributed by atoms with Crippen molar-refractivity contribution >= 4 is 34.7 Å². The third kappa shape index (κ3) is 3.15. The molecule has 0 atom stereocenters. The van der Waals surface area contributed by atoms with Gasteiger partial charge in [-0.05, 0) is 6.92 Å². The summed E-state index contributed by atoms with van der Waals surface area (Å²) in [5, 5.41) is 2.46. The number of halogens is 1. The van der Waals surface area contributed by atoms with Crippen molar-refractivity contribution < 1.29 is 0 Å². The first-order valence-electron chi connectivity index (χ1n) is 4.25. The number of aryl methyl sites for hydroxylation is 1. The van der Waals surface area contributed by atoms with Gasteiger partial charge >= 0.3 is 0 Å². The Morgan fingerprint density at radius 3 is 2.87 bits per heavy atom. The monoisotopic (exact) mass is 257 g/mol. The zero-order chi connectivity index (χ0) is 10.7. The smallest absolute Gasteiger partial charge is 0.150 e. The molecule has 0 saturated carbocycles. The molecule has 0 fully saturated rings. The maximum atomic E-state index is 5.64. The summed E-state index contributed by atoms with van der Waals surface area (Å²) in [4.78, 5) is 12.5. The van der Waals surface area contributed by atoms with Crippen molar-refractivity contribution in [2.75, 3.05) is 0 Å². The molecule has 0 aromatic carbocycles. The fourth-order valence-corrected chi connectivity index (χ4v) is 2.79. The molecule has 0 spiro atoms. The van der Waals surface area contributed by atoms with Crippen LogP contribution in [-0.2, 0) is 5.75 Å². The third-order valence-corrected chi connectivity index (χ3v) is 3.98. The molecule has 15 heavy (non-hydrogen) atoms. The number of rotatable bonds is 3. The first-order chi connectivity index (χ1) is 7.24. The Bertz CT molecular complexity index is 441. The fraction of sp³-hybridized carbons (Fsp3) is 0.222. The van der Waals surface area contributed by atoms with E-state index in [0.717, 1.165) is 21.5 Å². The number of hydrogen-bond donors (Lipinski definition) is 0. The Morgan fingerprint density at radius 2 is 2.27 bits per heavy atom. The van der Waals surface area contributed by atoms with Gasteiger partial charge in [-0.2, -0.15) is 0 Å². The van der Waals surface area contributed by atoms with Gasteiger partial charge in [0, 0.05) is 16.8 Å². The second-order valence-electron chi connectivity index (χ2n) is 2.87. The van der Waals surface area contributed by atoms with Crippen LogP contribution in [0, 0.1) is 6.92 Å². The molecule has 2 rings (SSSR count). The fourth-order valence-electron chi connectivity index (χ4n) is 0.948. The van der Waals surface area contributed by atoms with Crippen LogP contribution in [0.15, 0.2) is 22.1 Å². The lowest BCUT2D eigenvalue weighted by atomic mass is 10.5. The first-order valence-corrected chi connectivity index (χ1v) is 6.50. The molecule has 0 amide bonds. The van der Waals surface area contributed by atoms with Gasteiger partial charge in [-0.1, -0.05) is 23.4 Å². The number of thioether (sulfide) groups is 1. The van der Waals surface area contributed by atoms with E-state index >= 15 is 0 Å².